The fourth-order valence-corrected chi connectivity index (χ4v) is 4.09. The van der Waals surface area contributed by atoms with Crippen molar-refractivity contribution in [2.75, 3.05) is 26.7 Å². The van der Waals surface area contributed by atoms with Gasteiger partial charge in [0.25, 0.3) is 0 Å². The molecule has 0 heterocycles. The maximum atomic E-state index is 6.03. The van der Waals surface area contributed by atoms with Crippen molar-refractivity contribution < 1.29 is 0 Å². The Morgan fingerprint density at radius 3 is 1.73 bits per heavy atom. The fourth-order valence-electron chi connectivity index (χ4n) is 4.09. The van der Waals surface area contributed by atoms with E-state index in [0.717, 1.165) is 32.5 Å². The Balaban J connectivity index is 2.00. The van der Waals surface area contributed by atoms with Crippen molar-refractivity contribution in [3.8, 4) is 11.1 Å². The van der Waals surface area contributed by atoms with Crippen LogP contribution >= 0.6 is 0 Å². The number of nitrogens with one attached hydrogen (secondary N) is 2. The Hall–Kier alpha value is -1.68. The van der Waals surface area contributed by atoms with Crippen molar-refractivity contribution in [3.05, 3.63) is 58.7 Å². The molecule has 0 aliphatic rings. The van der Waals surface area contributed by atoms with Crippen molar-refractivity contribution in [1.82, 2.24) is 10.6 Å². The molecule has 2 rings (SSSR count). The maximum absolute atomic E-state index is 6.03. The van der Waals surface area contributed by atoms with Crippen molar-refractivity contribution in [3.63, 3.8) is 0 Å². The summed E-state index contributed by atoms with van der Waals surface area (Å²) in [5.74, 6) is 0. The largest absolute Gasteiger partial charge is 0.324 e. The fraction of sp³-hybridized carbons (Fsp3) is 0.556. The highest BCUT2D eigenvalue weighted by Crippen LogP contribution is 2.31. The van der Waals surface area contributed by atoms with E-state index in [9.17, 15) is 0 Å². The van der Waals surface area contributed by atoms with Crippen LogP contribution in [0.5, 0.6) is 0 Å². The van der Waals surface area contributed by atoms with Gasteiger partial charge in [0.1, 0.15) is 0 Å². The number of unbranched alkanes of at least 4 members (excludes halogenated alkanes) is 2. The molecule has 0 spiro atoms. The SMILES string of the molecule is CNCCCCc1cccc(-c2cccc(CCCCNCC(C)(C)N)c2C)c1C. The van der Waals surface area contributed by atoms with Crippen LogP contribution in [-0.4, -0.2) is 32.2 Å². The Morgan fingerprint density at radius 1 is 0.767 bits per heavy atom. The van der Waals surface area contributed by atoms with E-state index in [2.05, 4.69) is 74.7 Å². The normalized spacial score (nSPS) is 11.8. The molecule has 0 bridgehead atoms. The first-order valence-corrected chi connectivity index (χ1v) is 11.6. The van der Waals surface area contributed by atoms with Gasteiger partial charge in [0.05, 0.1) is 0 Å². The molecule has 0 radical (unpaired) electrons. The van der Waals surface area contributed by atoms with Crippen molar-refractivity contribution in [2.45, 2.75) is 71.8 Å². The molecule has 0 aliphatic carbocycles. The summed E-state index contributed by atoms with van der Waals surface area (Å²) in [4.78, 5) is 0. The average Bonchev–Trinajstić information content (AvgIpc) is 2.69. The Labute approximate surface area is 184 Å². The van der Waals surface area contributed by atoms with Crippen LogP contribution in [0.25, 0.3) is 11.1 Å². The standard InChI is InChI=1S/C27H43N3/c1-21-23(12-6-8-18-29-5)14-10-16-25(21)26-17-11-15-24(22(26)2)13-7-9-19-30-20-27(3,4)28/h10-11,14-17,29-30H,6-9,12-13,18-20,28H2,1-5H3. The molecule has 0 aliphatic heterocycles. The molecule has 4 N–H and O–H groups in total. The van der Waals surface area contributed by atoms with E-state index in [1.807, 2.05) is 7.05 Å². The number of nitrogens with two attached hydrogens (primary N) is 1. The van der Waals surface area contributed by atoms with E-state index < -0.39 is 0 Å². The third-order valence-electron chi connectivity index (χ3n) is 5.94. The van der Waals surface area contributed by atoms with E-state index in [1.165, 1.54) is 59.1 Å². The van der Waals surface area contributed by atoms with Crippen LogP contribution < -0.4 is 16.4 Å². The second-order valence-electron chi connectivity index (χ2n) is 9.36. The van der Waals surface area contributed by atoms with Gasteiger partial charge in [-0.25, -0.2) is 0 Å². The zero-order valence-electron chi connectivity index (χ0n) is 19.9. The quantitative estimate of drug-likeness (QED) is 0.400. The lowest BCUT2D eigenvalue weighted by molar-refractivity contribution is 0.461. The van der Waals surface area contributed by atoms with Crippen LogP contribution in [0.3, 0.4) is 0 Å². The van der Waals surface area contributed by atoms with Gasteiger partial charge in [0, 0.05) is 12.1 Å². The van der Waals surface area contributed by atoms with Crippen LogP contribution in [0, 0.1) is 13.8 Å². The monoisotopic (exact) mass is 409 g/mol. The summed E-state index contributed by atoms with van der Waals surface area (Å²) >= 11 is 0. The maximum Gasteiger partial charge on any atom is 0.0223 e. The van der Waals surface area contributed by atoms with Gasteiger partial charge >= 0.3 is 0 Å². The molecule has 3 heteroatoms. The molecule has 0 aromatic heterocycles. The second kappa shape index (κ2) is 12.2. The third-order valence-corrected chi connectivity index (χ3v) is 5.94. The third kappa shape index (κ3) is 7.86. The molecule has 0 fully saturated rings. The number of benzene rings is 2. The minimum atomic E-state index is -0.135. The molecule has 0 saturated heterocycles. The van der Waals surface area contributed by atoms with Crippen molar-refractivity contribution >= 4 is 0 Å². The van der Waals surface area contributed by atoms with Crippen LogP contribution in [0.4, 0.5) is 0 Å². The van der Waals surface area contributed by atoms with Gasteiger partial charge in [-0.2, -0.15) is 0 Å². The smallest absolute Gasteiger partial charge is 0.0223 e. The van der Waals surface area contributed by atoms with Crippen LogP contribution in [0.2, 0.25) is 0 Å². The van der Waals surface area contributed by atoms with Gasteiger partial charge in [-0.05, 0) is 120 Å². The van der Waals surface area contributed by atoms with Crippen molar-refractivity contribution in [1.29, 1.82) is 0 Å². The lowest BCUT2D eigenvalue weighted by atomic mass is 9.89. The summed E-state index contributed by atoms with van der Waals surface area (Å²) in [6, 6.07) is 13.6. The molecule has 3 nitrogen and oxygen atoms in total. The van der Waals surface area contributed by atoms with Gasteiger partial charge in [-0.3, -0.25) is 0 Å². The highest BCUT2D eigenvalue weighted by atomic mass is 14.9. The van der Waals surface area contributed by atoms with Gasteiger partial charge in [-0.1, -0.05) is 36.4 Å². The van der Waals surface area contributed by atoms with Gasteiger partial charge in [-0.15, -0.1) is 0 Å². The zero-order chi connectivity index (χ0) is 22.0. The molecule has 30 heavy (non-hydrogen) atoms. The highest BCUT2D eigenvalue weighted by Gasteiger charge is 2.11. The predicted molar refractivity (Wildman–Crippen MR) is 132 cm³/mol. The average molecular weight is 410 g/mol. The Kier molecular flexibility index (Phi) is 10.0. The number of hydrogen-bond donors (Lipinski definition) is 3. The lowest BCUT2D eigenvalue weighted by Crippen LogP contribution is -2.43. The number of hydrogen-bond acceptors (Lipinski definition) is 3. The summed E-state index contributed by atoms with van der Waals surface area (Å²) in [6.45, 7) is 11.7. The molecular weight excluding hydrogens is 366 g/mol. The van der Waals surface area contributed by atoms with Gasteiger partial charge in [0.2, 0.25) is 0 Å². The Bertz CT molecular complexity index is 774. The Morgan fingerprint density at radius 2 is 1.27 bits per heavy atom. The molecule has 0 unspecified atom stereocenters. The molecule has 0 atom stereocenters. The lowest BCUT2D eigenvalue weighted by Gasteiger charge is -2.19. The first kappa shape index (κ1) is 24.6. The van der Waals surface area contributed by atoms with Crippen LogP contribution in [-0.2, 0) is 12.8 Å². The predicted octanol–water partition coefficient (Wildman–Crippen LogP) is 5.16. The molecule has 0 saturated carbocycles. The second-order valence-corrected chi connectivity index (χ2v) is 9.36. The van der Waals surface area contributed by atoms with E-state index in [0.29, 0.717) is 0 Å². The van der Waals surface area contributed by atoms with E-state index in [1.54, 1.807) is 0 Å². The molecule has 2 aromatic carbocycles. The number of rotatable bonds is 13. The minimum Gasteiger partial charge on any atom is -0.324 e. The van der Waals surface area contributed by atoms with E-state index in [-0.39, 0.29) is 5.54 Å². The number of aryl methyl sites for hydroxylation is 2. The van der Waals surface area contributed by atoms with E-state index in [4.69, 9.17) is 5.73 Å². The first-order chi connectivity index (χ1) is 14.3. The van der Waals surface area contributed by atoms with Gasteiger partial charge < -0.3 is 16.4 Å². The van der Waals surface area contributed by atoms with E-state index >= 15 is 0 Å². The van der Waals surface area contributed by atoms with Crippen LogP contribution in [0.15, 0.2) is 36.4 Å². The zero-order valence-corrected chi connectivity index (χ0v) is 19.9. The summed E-state index contributed by atoms with van der Waals surface area (Å²) in [7, 11) is 2.03. The summed E-state index contributed by atoms with van der Waals surface area (Å²) in [5, 5.41) is 6.72. The highest BCUT2D eigenvalue weighted by molar-refractivity contribution is 5.72. The van der Waals surface area contributed by atoms with Gasteiger partial charge in [0.15, 0.2) is 0 Å². The first-order valence-electron chi connectivity index (χ1n) is 11.6. The minimum absolute atomic E-state index is 0.135. The topological polar surface area (TPSA) is 50.1 Å². The molecule has 166 valence electrons. The summed E-state index contributed by atoms with van der Waals surface area (Å²) in [6.07, 6.45) is 7.14. The summed E-state index contributed by atoms with van der Waals surface area (Å²) < 4.78 is 0. The van der Waals surface area contributed by atoms with Crippen LogP contribution in [0.1, 0.15) is 61.8 Å². The van der Waals surface area contributed by atoms with Crippen molar-refractivity contribution in [2.24, 2.45) is 5.73 Å². The summed E-state index contributed by atoms with van der Waals surface area (Å²) in [5.41, 5.74) is 14.5. The molecular formula is C27H43N3. The molecule has 0 amide bonds. The molecule has 2 aromatic rings.